The van der Waals surface area contributed by atoms with Crippen molar-refractivity contribution < 1.29 is 49.5 Å². The maximum Gasteiger partial charge on any atom is 0.320 e. The van der Waals surface area contributed by atoms with Crippen molar-refractivity contribution in [3.63, 3.8) is 0 Å². The van der Waals surface area contributed by atoms with Crippen molar-refractivity contribution in [1.82, 2.24) is 5.32 Å². The molecule has 0 aromatic rings. The molecule has 232 valence electrons. The van der Waals surface area contributed by atoms with E-state index in [9.17, 15) is 24.0 Å². The van der Waals surface area contributed by atoms with Gasteiger partial charge in [0.15, 0.2) is 5.96 Å². The highest BCUT2D eigenvalue weighted by molar-refractivity contribution is 5.75. The van der Waals surface area contributed by atoms with Crippen LogP contribution in [0.2, 0.25) is 0 Å². The van der Waals surface area contributed by atoms with Crippen LogP contribution in [-0.2, 0) is 24.0 Å². The van der Waals surface area contributed by atoms with Gasteiger partial charge in [0.2, 0.25) is 0 Å². The van der Waals surface area contributed by atoms with Crippen molar-refractivity contribution in [3.05, 3.63) is 0 Å². The van der Waals surface area contributed by atoms with E-state index in [2.05, 4.69) is 11.1 Å². The Morgan fingerprint density at radius 2 is 1.03 bits per heavy atom. The summed E-state index contributed by atoms with van der Waals surface area (Å²) in [5.74, 6) is -4.86. The first kappa shape index (κ1) is 45.3. The molecule has 0 bridgehead atoms. The van der Waals surface area contributed by atoms with Crippen molar-refractivity contribution in [3.8, 4) is 0 Å². The molecule has 0 aromatic heterocycles. The van der Waals surface area contributed by atoms with Crippen molar-refractivity contribution in [2.24, 2.45) is 46.2 Å². The minimum Gasteiger partial charge on any atom is -0.480 e. The minimum atomic E-state index is -1.00. The van der Waals surface area contributed by atoms with Gasteiger partial charge in [0, 0.05) is 6.54 Å². The summed E-state index contributed by atoms with van der Waals surface area (Å²) >= 11 is 0. The van der Waals surface area contributed by atoms with Crippen LogP contribution >= 0.6 is 0 Å². The van der Waals surface area contributed by atoms with Gasteiger partial charge >= 0.3 is 29.8 Å². The van der Waals surface area contributed by atoms with E-state index >= 15 is 0 Å². The van der Waals surface area contributed by atoms with Crippen LogP contribution in [-0.4, -0.2) is 98.6 Å². The fourth-order valence-corrected chi connectivity index (χ4v) is 1.24. The molecule has 0 heterocycles. The second-order valence-corrected chi connectivity index (χ2v) is 8.37. The van der Waals surface area contributed by atoms with E-state index in [0.717, 1.165) is 0 Å². The van der Waals surface area contributed by atoms with Crippen molar-refractivity contribution in [1.29, 1.82) is 5.41 Å². The van der Waals surface area contributed by atoms with Gasteiger partial charge in [-0.25, -0.2) is 0 Å². The zero-order chi connectivity index (χ0) is 32.5. The Balaban J connectivity index is -0.000000128. The second-order valence-electron chi connectivity index (χ2n) is 8.37. The van der Waals surface area contributed by atoms with E-state index in [1.54, 1.807) is 27.7 Å². The number of carboxylic acid groups (broad SMARTS) is 5. The molecule has 4 atom stereocenters. The summed E-state index contributed by atoms with van der Waals surface area (Å²) in [5, 5.41) is 49.6. The molecule has 18 nitrogen and oxygen atoms in total. The van der Waals surface area contributed by atoms with Crippen LogP contribution in [0.15, 0.2) is 0 Å². The van der Waals surface area contributed by atoms with Gasteiger partial charge in [0.25, 0.3) is 0 Å². The molecule has 18 heteroatoms. The van der Waals surface area contributed by atoms with Crippen LogP contribution in [0.1, 0.15) is 47.5 Å². The van der Waals surface area contributed by atoms with Crippen molar-refractivity contribution in [2.75, 3.05) is 13.1 Å². The summed E-state index contributed by atoms with van der Waals surface area (Å²) < 4.78 is 0. The van der Waals surface area contributed by atoms with Crippen LogP contribution in [0.5, 0.6) is 0 Å². The van der Waals surface area contributed by atoms with Crippen LogP contribution in [0.4, 0.5) is 0 Å². The van der Waals surface area contributed by atoms with Gasteiger partial charge in [0.1, 0.15) is 24.2 Å². The fourth-order valence-electron chi connectivity index (χ4n) is 1.24. The molecule has 0 amide bonds. The van der Waals surface area contributed by atoms with Gasteiger partial charge in [0.05, 0.1) is 6.54 Å². The third-order valence-corrected chi connectivity index (χ3v) is 3.90. The van der Waals surface area contributed by atoms with Crippen LogP contribution < -0.4 is 39.7 Å². The van der Waals surface area contributed by atoms with Crippen LogP contribution in [0.25, 0.3) is 0 Å². The third-order valence-electron chi connectivity index (χ3n) is 3.90. The molecule has 0 aliphatic carbocycles. The molecule has 4 unspecified atom stereocenters. The largest absolute Gasteiger partial charge is 0.480 e. The minimum absolute atomic E-state index is 0.0208. The summed E-state index contributed by atoms with van der Waals surface area (Å²) in [5.41, 5.74) is 29.9. The Morgan fingerprint density at radius 3 is 1.15 bits per heavy atom. The van der Waals surface area contributed by atoms with E-state index in [-0.39, 0.29) is 24.3 Å². The second kappa shape index (κ2) is 27.5. The Kier molecular flexibility index (Phi) is 31.9. The van der Waals surface area contributed by atoms with Crippen molar-refractivity contribution >= 4 is 35.8 Å². The monoisotopic (exact) mass is 572 g/mol. The highest BCUT2D eigenvalue weighted by Crippen LogP contribution is 1.97. The smallest absolute Gasteiger partial charge is 0.320 e. The molecule has 0 saturated carbocycles. The van der Waals surface area contributed by atoms with Crippen LogP contribution in [0, 0.1) is 17.2 Å². The number of hydrogen-bond donors (Lipinski definition) is 13. The lowest BCUT2D eigenvalue weighted by Gasteiger charge is -2.07. The summed E-state index contributed by atoms with van der Waals surface area (Å²) in [6, 6.07) is -2.98. The number of nitrogens with two attached hydrogens (primary N) is 6. The van der Waals surface area contributed by atoms with Gasteiger partial charge < -0.3 is 65.3 Å². The number of rotatable bonds is 11. The first-order chi connectivity index (χ1) is 17.6. The van der Waals surface area contributed by atoms with Gasteiger partial charge in [-0.05, 0) is 31.6 Å². The number of carboxylic acids is 5. The van der Waals surface area contributed by atoms with E-state index < -0.39 is 54.0 Å². The maximum atomic E-state index is 10.2. The highest BCUT2D eigenvalue weighted by Gasteiger charge is 2.15. The van der Waals surface area contributed by atoms with E-state index in [1.807, 2.05) is 0 Å². The average Bonchev–Trinajstić information content (AvgIpc) is 2.81. The molecule has 0 aliphatic heterocycles. The standard InChI is InChI=1S/C6H14N4O2.2C5H11NO2.C3H7NO2.C2H5NO2/c7-4(5(11)12)2-1-3-10-6(8)9;2*1-3(2)4(6)5(7)8;1-2(4)3(5)6;3-1-2(4)5/h4H,1-3,7H2,(H,11,12)(H4,8,9,10);2*3-4H,6H2,1-2H3,(H,7,8);2H,4H2,1H3,(H,5,6);1,3H2,(H,4,5). The lowest BCUT2D eigenvalue weighted by Crippen LogP contribution is -2.34. The first-order valence-electron chi connectivity index (χ1n) is 11.5. The van der Waals surface area contributed by atoms with E-state index in [0.29, 0.717) is 19.4 Å². The molecular weight excluding hydrogens is 524 g/mol. The molecule has 39 heavy (non-hydrogen) atoms. The number of guanidine groups is 1. The summed E-state index contributed by atoms with van der Waals surface area (Å²) in [6.07, 6.45) is 0.975. The van der Waals surface area contributed by atoms with Crippen LogP contribution in [0.3, 0.4) is 0 Å². The van der Waals surface area contributed by atoms with Gasteiger partial charge in [-0.15, -0.1) is 0 Å². The average molecular weight is 573 g/mol. The number of aliphatic carboxylic acids is 5. The zero-order valence-corrected chi connectivity index (χ0v) is 23.0. The lowest BCUT2D eigenvalue weighted by molar-refractivity contribution is -0.140. The highest BCUT2D eigenvalue weighted by atomic mass is 16.4. The van der Waals surface area contributed by atoms with Gasteiger partial charge in [-0.3, -0.25) is 29.4 Å². The number of hydrogen-bond acceptors (Lipinski definition) is 11. The topological polar surface area (TPSA) is 378 Å². The molecule has 0 radical (unpaired) electrons. The van der Waals surface area contributed by atoms with E-state index in [4.69, 9.17) is 59.6 Å². The molecule has 0 rings (SSSR count). The van der Waals surface area contributed by atoms with Crippen molar-refractivity contribution in [2.45, 2.75) is 71.6 Å². The summed E-state index contributed by atoms with van der Waals surface area (Å²) in [4.78, 5) is 49.1. The SMILES string of the molecule is CC(C)C(N)C(=O)O.CC(C)C(N)C(=O)O.CC(N)C(=O)O.N=C(N)NCCCC(N)C(=O)O.NCC(=O)O. The number of carbonyl (C=O) groups is 5. The molecule has 0 aliphatic rings. The predicted molar refractivity (Wildman–Crippen MR) is 144 cm³/mol. The lowest BCUT2D eigenvalue weighted by atomic mass is 10.1. The zero-order valence-electron chi connectivity index (χ0n) is 23.0. The summed E-state index contributed by atoms with van der Waals surface area (Å²) in [7, 11) is 0. The Labute approximate surface area is 227 Å². The Morgan fingerprint density at radius 1 is 0.718 bits per heavy atom. The number of nitrogens with one attached hydrogen (secondary N) is 2. The molecule has 0 aromatic carbocycles. The van der Waals surface area contributed by atoms with E-state index in [1.165, 1.54) is 6.92 Å². The van der Waals surface area contributed by atoms with Gasteiger partial charge in [-0.1, -0.05) is 27.7 Å². The predicted octanol–water partition coefficient (Wildman–Crippen LogP) is -2.78. The fraction of sp³-hybridized carbons (Fsp3) is 0.714. The third kappa shape index (κ3) is 41.8. The quantitative estimate of drug-likeness (QED) is 0.0675. The molecule has 19 N–H and O–H groups in total. The first-order valence-corrected chi connectivity index (χ1v) is 11.5. The molecule has 0 spiro atoms. The normalized spacial score (nSPS) is 12.5. The Bertz CT molecular complexity index is 697. The molecule has 0 saturated heterocycles. The maximum absolute atomic E-state index is 10.2. The summed E-state index contributed by atoms with van der Waals surface area (Å²) in [6.45, 7) is 8.73. The Hall–Kier alpha value is -3.58. The molecular formula is C21H48N8O10. The molecule has 0 fully saturated rings. The van der Waals surface area contributed by atoms with Gasteiger partial charge in [-0.2, -0.15) is 0 Å².